The molecule has 6 nitrogen and oxygen atoms in total. The van der Waals surface area contributed by atoms with E-state index in [1.54, 1.807) is 0 Å². The van der Waals surface area contributed by atoms with Crippen LogP contribution in [0.2, 0.25) is 0 Å². The van der Waals surface area contributed by atoms with E-state index < -0.39 is 0 Å². The van der Waals surface area contributed by atoms with Crippen LogP contribution in [0.3, 0.4) is 0 Å². The molecule has 0 radical (unpaired) electrons. The van der Waals surface area contributed by atoms with Crippen LogP contribution in [-0.2, 0) is 4.79 Å². The Morgan fingerprint density at radius 1 is 1.19 bits per heavy atom. The molecule has 0 saturated carbocycles. The minimum Gasteiger partial charge on any atom is -0.343 e. The predicted molar refractivity (Wildman–Crippen MR) is 81.9 cm³/mol. The van der Waals surface area contributed by atoms with Gasteiger partial charge in [-0.15, -0.1) is 0 Å². The summed E-state index contributed by atoms with van der Waals surface area (Å²) >= 11 is 0. The van der Waals surface area contributed by atoms with Gasteiger partial charge in [-0.05, 0) is 25.0 Å². The third kappa shape index (κ3) is 4.75. The molecule has 1 aliphatic rings. The Kier molecular flexibility index (Phi) is 5.57. The minimum atomic E-state index is -0.201. The van der Waals surface area contributed by atoms with Crippen LogP contribution in [0.15, 0.2) is 30.3 Å². The van der Waals surface area contributed by atoms with Crippen molar-refractivity contribution in [2.45, 2.75) is 25.3 Å². The third-order valence-corrected chi connectivity index (χ3v) is 3.57. The molecule has 21 heavy (non-hydrogen) atoms. The van der Waals surface area contributed by atoms with E-state index in [0.29, 0.717) is 26.1 Å². The summed E-state index contributed by atoms with van der Waals surface area (Å²) in [5, 5.41) is 5.74. The van der Waals surface area contributed by atoms with Gasteiger partial charge in [0.15, 0.2) is 0 Å². The zero-order chi connectivity index (χ0) is 15.1. The molecule has 114 valence electrons. The van der Waals surface area contributed by atoms with Crippen molar-refractivity contribution in [1.29, 1.82) is 0 Å². The molecule has 1 aliphatic heterocycles. The number of benzene rings is 1. The molecule has 0 bridgehead atoms. The molecule has 1 saturated heterocycles. The molecule has 0 aromatic heterocycles. The van der Waals surface area contributed by atoms with Gasteiger partial charge >= 0.3 is 6.03 Å². The van der Waals surface area contributed by atoms with Gasteiger partial charge in [0.05, 0.1) is 0 Å². The summed E-state index contributed by atoms with van der Waals surface area (Å²) in [7, 11) is 0. The number of nitrogens with two attached hydrogens (primary N) is 1. The van der Waals surface area contributed by atoms with Crippen LogP contribution in [-0.4, -0.2) is 42.5 Å². The first kappa shape index (κ1) is 15.3. The zero-order valence-corrected chi connectivity index (χ0v) is 12.0. The van der Waals surface area contributed by atoms with Gasteiger partial charge in [0, 0.05) is 37.8 Å². The molecule has 2 rings (SSSR count). The van der Waals surface area contributed by atoms with Gasteiger partial charge in [0.2, 0.25) is 5.91 Å². The molecule has 0 spiro atoms. The molecule has 6 heteroatoms. The summed E-state index contributed by atoms with van der Waals surface area (Å²) in [6.45, 7) is 1.74. The monoisotopic (exact) mass is 290 g/mol. The number of para-hydroxylation sites is 1. The standard InChI is InChI=1S/C15H22N4O2/c16-9-6-14(20)19-10-7-13(8-11-19)18-15(21)17-12-4-2-1-3-5-12/h1-5,13H,6-11,16H2,(H2,17,18,21). The Morgan fingerprint density at radius 3 is 2.48 bits per heavy atom. The van der Waals surface area contributed by atoms with E-state index in [1.165, 1.54) is 0 Å². The highest BCUT2D eigenvalue weighted by atomic mass is 16.2. The number of hydrogen-bond acceptors (Lipinski definition) is 3. The van der Waals surface area contributed by atoms with Gasteiger partial charge < -0.3 is 21.3 Å². The number of amides is 3. The quantitative estimate of drug-likeness (QED) is 0.777. The molecule has 0 atom stereocenters. The second-order valence-corrected chi connectivity index (χ2v) is 5.16. The van der Waals surface area contributed by atoms with Crippen LogP contribution in [0, 0.1) is 0 Å². The summed E-state index contributed by atoms with van der Waals surface area (Å²) in [5.74, 6) is 0.102. The number of piperidine rings is 1. The van der Waals surface area contributed by atoms with E-state index in [1.807, 2.05) is 35.2 Å². The van der Waals surface area contributed by atoms with Crippen molar-refractivity contribution in [3.05, 3.63) is 30.3 Å². The number of anilines is 1. The number of nitrogens with one attached hydrogen (secondary N) is 2. The number of nitrogens with zero attached hydrogens (tertiary/aromatic N) is 1. The average Bonchev–Trinajstić information content (AvgIpc) is 2.49. The molecule has 0 unspecified atom stereocenters. The lowest BCUT2D eigenvalue weighted by atomic mass is 10.0. The highest BCUT2D eigenvalue weighted by molar-refractivity contribution is 5.89. The van der Waals surface area contributed by atoms with Crippen LogP contribution >= 0.6 is 0 Å². The lowest BCUT2D eigenvalue weighted by Gasteiger charge is -2.32. The Balaban J connectivity index is 1.73. The SMILES string of the molecule is NCCC(=O)N1CCC(NC(=O)Nc2ccccc2)CC1. The lowest BCUT2D eigenvalue weighted by molar-refractivity contribution is -0.132. The topological polar surface area (TPSA) is 87.5 Å². The lowest BCUT2D eigenvalue weighted by Crippen LogP contribution is -2.47. The van der Waals surface area contributed by atoms with Gasteiger partial charge in [0.25, 0.3) is 0 Å². The molecule has 1 aromatic rings. The third-order valence-electron chi connectivity index (χ3n) is 3.57. The Hall–Kier alpha value is -2.08. The first-order valence-electron chi connectivity index (χ1n) is 7.29. The van der Waals surface area contributed by atoms with E-state index >= 15 is 0 Å². The predicted octanol–water partition coefficient (Wildman–Crippen LogP) is 1.15. The second-order valence-electron chi connectivity index (χ2n) is 5.16. The van der Waals surface area contributed by atoms with E-state index in [9.17, 15) is 9.59 Å². The zero-order valence-electron chi connectivity index (χ0n) is 12.0. The van der Waals surface area contributed by atoms with E-state index in [4.69, 9.17) is 5.73 Å². The maximum Gasteiger partial charge on any atom is 0.319 e. The normalized spacial score (nSPS) is 15.6. The maximum atomic E-state index is 11.9. The van der Waals surface area contributed by atoms with Crippen molar-refractivity contribution >= 4 is 17.6 Å². The number of urea groups is 1. The number of rotatable bonds is 4. The summed E-state index contributed by atoms with van der Waals surface area (Å²) in [4.78, 5) is 25.4. The van der Waals surface area contributed by atoms with Crippen molar-refractivity contribution in [3.8, 4) is 0 Å². The highest BCUT2D eigenvalue weighted by Crippen LogP contribution is 2.12. The molecule has 0 aliphatic carbocycles. The van der Waals surface area contributed by atoms with E-state index in [2.05, 4.69) is 10.6 Å². The summed E-state index contributed by atoms with van der Waals surface area (Å²) < 4.78 is 0. The Labute approximate surface area is 124 Å². The van der Waals surface area contributed by atoms with Gasteiger partial charge in [-0.1, -0.05) is 18.2 Å². The van der Waals surface area contributed by atoms with Crippen LogP contribution in [0.1, 0.15) is 19.3 Å². The second kappa shape index (κ2) is 7.64. The molecule has 3 amide bonds. The van der Waals surface area contributed by atoms with Crippen LogP contribution in [0.25, 0.3) is 0 Å². The van der Waals surface area contributed by atoms with Crippen LogP contribution in [0.5, 0.6) is 0 Å². The smallest absolute Gasteiger partial charge is 0.319 e. The number of likely N-dealkylation sites (tertiary alicyclic amines) is 1. The molecule has 1 fully saturated rings. The van der Waals surface area contributed by atoms with E-state index in [0.717, 1.165) is 18.5 Å². The largest absolute Gasteiger partial charge is 0.343 e. The number of hydrogen-bond donors (Lipinski definition) is 3. The molecular formula is C15H22N4O2. The number of carbonyl (C=O) groups excluding carboxylic acids is 2. The summed E-state index contributed by atoms with van der Waals surface area (Å²) in [6.07, 6.45) is 1.95. The van der Waals surface area contributed by atoms with Gasteiger partial charge in [-0.25, -0.2) is 4.79 Å². The van der Waals surface area contributed by atoms with Crippen molar-refractivity contribution in [2.75, 3.05) is 25.0 Å². The van der Waals surface area contributed by atoms with Crippen molar-refractivity contribution in [3.63, 3.8) is 0 Å². The minimum absolute atomic E-state index is 0.102. The first-order chi connectivity index (χ1) is 10.2. The van der Waals surface area contributed by atoms with Crippen LogP contribution in [0.4, 0.5) is 10.5 Å². The molecular weight excluding hydrogens is 268 g/mol. The molecule has 1 aromatic carbocycles. The average molecular weight is 290 g/mol. The van der Waals surface area contributed by atoms with E-state index in [-0.39, 0.29) is 18.0 Å². The Bertz CT molecular complexity index is 470. The van der Waals surface area contributed by atoms with Crippen LogP contribution < -0.4 is 16.4 Å². The van der Waals surface area contributed by atoms with Crippen molar-refractivity contribution in [2.24, 2.45) is 5.73 Å². The first-order valence-corrected chi connectivity index (χ1v) is 7.29. The van der Waals surface area contributed by atoms with Gasteiger partial charge in [-0.3, -0.25) is 4.79 Å². The van der Waals surface area contributed by atoms with Crippen molar-refractivity contribution in [1.82, 2.24) is 10.2 Å². The fraction of sp³-hybridized carbons (Fsp3) is 0.467. The fourth-order valence-electron chi connectivity index (χ4n) is 2.43. The maximum absolute atomic E-state index is 11.9. The molecule has 4 N–H and O–H groups in total. The molecule has 1 heterocycles. The van der Waals surface area contributed by atoms with Gasteiger partial charge in [-0.2, -0.15) is 0 Å². The van der Waals surface area contributed by atoms with Gasteiger partial charge in [0.1, 0.15) is 0 Å². The summed E-state index contributed by atoms with van der Waals surface area (Å²) in [5.41, 5.74) is 6.16. The number of carbonyl (C=O) groups is 2. The summed E-state index contributed by atoms with van der Waals surface area (Å²) in [6, 6.07) is 9.23. The Morgan fingerprint density at radius 2 is 1.86 bits per heavy atom. The van der Waals surface area contributed by atoms with Crippen molar-refractivity contribution < 1.29 is 9.59 Å². The highest BCUT2D eigenvalue weighted by Gasteiger charge is 2.23. The fourth-order valence-corrected chi connectivity index (χ4v) is 2.43.